The summed E-state index contributed by atoms with van der Waals surface area (Å²) in [6.07, 6.45) is 6.46. The number of carbonyl (C=O) groups is 2. The molecule has 33 heavy (non-hydrogen) atoms. The maximum Gasteiger partial charge on any atom is 0.272 e. The van der Waals surface area contributed by atoms with Crippen molar-refractivity contribution in [3.05, 3.63) is 84.4 Å². The molecule has 6 nitrogen and oxygen atoms in total. The van der Waals surface area contributed by atoms with E-state index in [1.54, 1.807) is 29.4 Å². The normalized spacial score (nSPS) is 17.7. The lowest BCUT2D eigenvalue weighted by Crippen LogP contribution is -2.47. The number of pyridine rings is 2. The summed E-state index contributed by atoms with van der Waals surface area (Å²) < 4.78 is 0. The van der Waals surface area contributed by atoms with E-state index in [1.807, 2.05) is 49.2 Å². The standard InChI is InChI=1S/C27H30N4O2/c1-3-30(4-2)26(33)27(13-16-31(20-27)25(32)24-12-5-6-15-29-24)18-21-9-7-10-22(17-21)23-11-8-14-28-19-23/h5-12,14-15,17,19H,3-4,13,16,18,20H2,1-2H3/t27-/m0/s1. The third-order valence-electron chi connectivity index (χ3n) is 6.49. The minimum absolute atomic E-state index is 0.117. The van der Waals surface area contributed by atoms with Gasteiger partial charge in [-0.15, -0.1) is 0 Å². The molecule has 1 aromatic carbocycles. The monoisotopic (exact) mass is 442 g/mol. The summed E-state index contributed by atoms with van der Waals surface area (Å²) >= 11 is 0. The molecule has 2 aromatic heterocycles. The van der Waals surface area contributed by atoms with Gasteiger partial charge in [0.05, 0.1) is 5.41 Å². The first-order chi connectivity index (χ1) is 16.1. The van der Waals surface area contributed by atoms with Crippen molar-refractivity contribution in [2.75, 3.05) is 26.2 Å². The van der Waals surface area contributed by atoms with Crippen LogP contribution in [0.1, 0.15) is 36.3 Å². The predicted molar refractivity (Wildman–Crippen MR) is 128 cm³/mol. The molecule has 0 unspecified atom stereocenters. The lowest BCUT2D eigenvalue weighted by Gasteiger charge is -2.34. The van der Waals surface area contributed by atoms with Crippen LogP contribution in [0.15, 0.2) is 73.2 Å². The minimum Gasteiger partial charge on any atom is -0.343 e. The molecule has 1 fully saturated rings. The second kappa shape index (κ2) is 9.94. The number of aromatic nitrogens is 2. The van der Waals surface area contributed by atoms with Gasteiger partial charge < -0.3 is 9.80 Å². The van der Waals surface area contributed by atoms with E-state index in [4.69, 9.17) is 0 Å². The summed E-state index contributed by atoms with van der Waals surface area (Å²) in [5.41, 5.74) is 2.97. The molecular formula is C27H30N4O2. The van der Waals surface area contributed by atoms with Gasteiger partial charge in [0.15, 0.2) is 0 Å². The van der Waals surface area contributed by atoms with E-state index >= 15 is 0 Å². The van der Waals surface area contributed by atoms with Crippen molar-refractivity contribution in [2.45, 2.75) is 26.7 Å². The first kappa shape index (κ1) is 22.6. The highest BCUT2D eigenvalue weighted by Crippen LogP contribution is 2.37. The highest BCUT2D eigenvalue weighted by atomic mass is 16.2. The number of carbonyl (C=O) groups excluding carboxylic acids is 2. The van der Waals surface area contributed by atoms with Crippen molar-refractivity contribution < 1.29 is 9.59 Å². The third kappa shape index (κ3) is 4.80. The van der Waals surface area contributed by atoms with Crippen LogP contribution in [0.5, 0.6) is 0 Å². The van der Waals surface area contributed by atoms with Gasteiger partial charge in [0.1, 0.15) is 5.69 Å². The SMILES string of the molecule is CCN(CC)C(=O)[C@]1(Cc2cccc(-c3cccnc3)c2)CCN(C(=O)c2ccccn2)C1. The minimum atomic E-state index is -0.649. The van der Waals surface area contributed by atoms with Crippen LogP contribution < -0.4 is 0 Å². The molecule has 1 saturated heterocycles. The van der Waals surface area contributed by atoms with Crippen LogP contribution >= 0.6 is 0 Å². The topological polar surface area (TPSA) is 66.4 Å². The average Bonchev–Trinajstić information content (AvgIpc) is 3.30. The summed E-state index contributed by atoms with van der Waals surface area (Å²) in [7, 11) is 0. The van der Waals surface area contributed by atoms with Gasteiger partial charge in [-0.25, -0.2) is 0 Å². The van der Waals surface area contributed by atoms with Gasteiger partial charge in [0.2, 0.25) is 5.91 Å². The summed E-state index contributed by atoms with van der Waals surface area (Å²) in [5.74, 6) is 0.00420. The predicted octanol–water partition coefficient (Wildman–Crippen LogP) is 4.09. The van der Waals surface area contributed by atoms with Crippen LogP contribution in [0.4, 0.5) is 0 Å². The third-order valence-corrected chi connectivity index (χ3v) is 6.49. The Morgan fingerprint density at radius 3 is 2.52 bits per heavy atom. The van der Waals surface area contributed by atoms with Crippen LogP contribution in [-0.4, -0.2) is 57.8 Å². The van der Waals surface area contributed by atoms with Crippen molar-refractivity contribution in [3.63, 3.8) is 0 Å². The van der Waals surface area contributed by atoms with Crippen molar-refractivity contribution in [1.82, 2.24) is 19.8 Å². The second-order valence-electron chi connectivity index (χ2n) is 8.57. The Morgan fingerprint density at radius 2 is 1.82 bits per heavy atom. The van der Waals surface area contributed by atoms with E-state index < -0.39 is 5.41 Å². The van der Waals surface area contributed by atoms with Crippen LogP contribution in [0.3, 0.4) is 0 Å². The molecule has 0 saturated carbocycles. The van der Waals surface area contributed by atoms with Gasteiger partial charge in [-0.1, -0.05) is 36.4 Å². The van der Waals surface area contributed by atoms with Crippen molar-refractivity contribution in [1.29, 1.82) is 0 Å². The second-order valence-corrected chi connectivity index (χ2v) is 8.57. The molecule has 1 aliphatic heterocycles. The zero-order chi connectivity index (χ0) is 23.3. The smallest absolute Gasteiger partial charge is 0.272 e. The highest BCUT2D eigenvalue weighted by Gasteiger charge is 2.47. The number of hydrogen-bond donors (Lipinski definition) is 0. The summed E-state index contributed by atoms with van der Waals surface area (Å²) in [6.45, 7) is 6.26. The molecular weight excluding hydrogens is 412 g/mol. The van der Waals surface area contributed by atoms with E-state index in [2.05, 4.69) is 28.2 Å². The molecule has 4 rings (SSSR count). The number of likely N-dealkylation sites (tertiary alicyclic amines) is 1. The van der Waals surface area contributed by atoms with E-state index in [1.165, 1.54) is 0 Å². The molecule has 0 N–H and O–H groups in total. The zero-order valence-electron chi connectivity index (χ0n) is 19.3. The summed E-state index contributed by atoms with van der Waals surface area (Å²) in [6, 6.07) is 17.6. The molecule has 1 atom stereocenters. The molecule has 0 spiro atoms. The van der Waals surface area contributed by atoms with Crippen molar-refractivity contribution in [2.24, 2.45) is 5.41 Å². The fourth-order valence-corrected chi connectivity index (χ4v) is 4.72. The Labute approximate surface area is 195 Å². The first-order valence-electron chi connectivity index (χ1n) is 11.6. The fourth-order valence-electron chi connectivity index (χ4n) is 4.72. The lowest BCUT2D eigenvalue weighted by molar-refractivity contribution is -0.141. The number of amides is 2. The van der Waals surface area contributed by atoms with Crippen LogP contribution in [0.2, 0.25) is 0 Å². The van der Waals surface area contributed by atoms with Gasteiger partial charge in [-0.2, -0.15) is 0 Å². The fraction of sp³-hybridized carbons (Fsp3) is 0.333. The number of nitrogens with zero attached hydrogens (tertiary/aromatic N) is 4. The number of benzene rings is 1. The Balaban J connectivity index is 1.64. The molecule has 3 aromatic rings. The van der Waals surface area contributed by atoms with Gasteiger partial charge in [-0.3, -0.25) is 19.6 Å². The lowest BCUT2D eigenvalue weighted by atomic mass is 9.79. The molecule has 0 aliphatic carbocycles. The summed E-state index contributed by atoms with van der Waals surface area (Å²) in [5, 5.41) is 0. The number of rotatable bonds is 7. The van der Waals surface area contributed by atoms with E-state index in [9.17, 15) is 9.59 Å². The van der Waals surface area contributed by atoms with Gasteiger partial charge >= 0.3 is 0 Å². The van der Waals surface area contributed by atoms with Gasteiger partial charge in [0, 0.05) is 44.8 Å². The quantitative estimate of drug-likeness (QED) is 0.553. The Morgan fingerprint density at radius 1 is 1.00 bits per heavy atom. The molecule has 6 heteroatoms. The Hall–Kier alpha value is -3.54. The highest BCUT2D eigenvalue weighted by molar-refractivity contribution is 5.93. The van der Waals surface area contributed by atoms with E-state index in [-0.39, 0.29) is 11.8 Å². The van der Waals surface area contributed by atoms with Crippen molar-refractivity contribution >= 4 is 11.8 Å². The van der Waals surface area contributed by atoms with Gasteiger partial charge in [0.25, 0.3) is 5.91 Å². The van der Waals surface area contributed by atoms with Crippen LogP contribution in [0, 0.1) is 5.41 Å². The van der Waals surface area contributed by atoms with Crippen LogP contribution in [0.25, 0.3) is 11.1 Å². The summed E-state index contributed by atoms with van der Waals surface area (Å²) in [4.78, 5) is 39.0. The largest absolute Gasteiger partial charge is 0.343 e. The number of hydrogen-bond acceptors (Lipinski definition) is 4. The van der Waals surface area contributed by atoms with E-state index in [0.717, 1.165) is 16.7 Å². The zero-order valence-corrected chi connectivity index (χ0v) is 19.3. The average molecular weight is 443 g/mol. The maximum atomic E-state index is 13.8. The molecule has 2 amide bonds. The van der Waals surface area contributed by atoms with E-state index in [0.29, 0.717) is 44.7 Å². The van der Waals surface area contributed by atoms with Crippen molar-refractivity contribution in [3.8, 4) is 11.1 Å². The molecule has 1 aliphatic rings. The maximum absolute atomic E-state index is 13.8. The molecule has 3 heterocycles. The Kier molecular flexibility index (Phi) is 6.82. The Bertz CT molecular complexity index is 1100. The molecule has 0 radical (unpaired) electrons. The first-order valence-corrected chi connectivity index (χ1v) is 11.6. The molecule has 170 valence electrons. The van der Waals surface area contributed by atoms with Crippen LogP contribution in [-0.2, 0) is 11.2 Å². The molecule has 0 bridgehead atoms. The van der Waals surface area contributed by atoms with Gasteiger partial charge in [-0.05, 0) is 61.6 Å².